The first kappa shape index (κ1) is 15.4. The number of aryl methyl sites for hydroxylation is 3. The van der Waals surface area contributed by atoms with Crippen LogP contribution in [0.5, 0.6) is 0 Å². The molecular formula is C18H25N5O. The van der Waals surface area contributed by atoms with E-state index in [-0.39, 0.29) is 12.0 Å². The summed E-state index contributed by atoms with van der Waals surface area (Å²) < 4.78 is 3.87. The summed E-state index contributed by atoms with van der Waals surface area (Å²) >= 11 is 0. The van der Waals surface area contributed by atoms with Crippen LogP contribution in [0.15, 0.2) is 18.5 Å². The van der Waals surface area contributed by atoms with Crippen LogP contribution in [0.2, 0.25) is 0 Å². The lowest BCUT2D eigenvalue weighted by Crippen LogP contribution is -2.39. The Balaban J connectivity index is 1.43. The van der Waals surface area contributed by atoms with Crippen molar-refractivity contribution in [1.82, 2.24) is 24.5 Å². The first-order valence-corrected chi connectivity index (χ1v) is 8.83. The molecule has 0 unspecified atom stereocenters. The SMILES string of the molecule is Cc1cc(C)n(C[C@@H]2CCCN2C(=O)[C@@H]2C[C@H]2c2cnn(C)c2)n1. The van der Waals surface area contributed by atoms with Crippen LogP contribution in [-0.2, 0) is 18.4 Å². The predicted molar refractivity (Wildman–Crippen MR) is 90.5 cm³/mol. The molecule has 1 aliphatic carbocycles. The molecule has 2 fully saturated rings. The van der Waals surface area contributed by atoms with Crippen LogP contribution >= 0.6 is 0 Å². The fourth-order valence-corrected chi connectivity index (χ4v) is 4.06. The van der Waals surface area contributed by atoms with E-state index in [1.165, 1.54) is 11.3 Å². The number of carbonyl (C=O) groups is 1. The van der Waals surface area contributed by atoms with E-state index in [0.717, 1.165) is 38.0 Å². The Morgan fingerprint density at radius 2 is 2.21 bits per heavy atom. The van der Waals surface area contributed by atoms with Crippen molar-refractivity contribution in [1.29, 1.82) is 0 Å². The molecule has 1 saturated heterocycles. The molecule has 2 aromatic rings. The Morgan fingerprint density at radius 3 is 2.88 bits per heavy atom. The van der Waals surface area contributed by atoms with Gasteiger partial charge in [0.15, 0.2) is 0 Å². The van der Waals surface area contributed by atoms with Crippen LogP contribution in [0.3, 0.4) is 0 Å². The first-order valence-electron chi connectivity index (χ1n) is 8.83. The van der Waals surface area contributed by atoms with Gasteiger partial charge in [-0.3, -0.25) is 14.2 Å². The van der Waals surface area contributed by atoms with E-state index in [2.05, 4.69) is 32.8 Å². The summed E-state index contributed by atoms with van der Waals surface area (Å²) in [5, 5.41) is 8.79. The maximum atomic E-state index is 13.0. The summed E-state index contributed by atoms with van der Waals surface area (Å²) in [6.07, 6.45) is 7.08. The predicted octanol–water partition coefficient (Wildman–Crippen LogP) is 2.03. The van der Waals surface area contributed by atoms with Crippen LogP contribution in [0.1, 0.15) is 42.1 Å². The van der Waals surface area contributed by atoms with Gasteiger partial charge in [-0.15, -0.1) is 0 Å². The van der Waals surface area contributed by atoms with E-state index in [9.17, 15) is 4.79 Å². The second-order valence-electron chi connectivity index (χ2n) is 7.33. The third kappa shape index (κ3) is 2.74. The molecule has 1 aliphatic heterocycles. The number of amides is 1. The summed E-state index contributed by atoms with van der Waals surface area (Å²) in [5.41, 5.74) is 3.42. The molecule has 2 aliphatic rings. The molecule has 0 aromatic carbocycles. The summed E-state index contributed by atoms with van der Waals surface area (Å²) in [5.74, 6) is 0.837. The van der Waals surface area contributed by atoms with Crippen LogP contribution in [0, 0.1) is 19.8 Å². The maximum Gasteiger partial charge on any atom is 0.226 e. The van der Waals surface area contributed by atoms with Crippen LogP contribution < -0.4 is 0 Å². The van der Waals surface area contributed by atoms with Gasteiger partial charge >= 0.3 is 0 Å². The molecule has 1 amide bonds. The summed E-state index contributed by atoms with van der Waals surface area (Å²) in [6, 6.07) is 2.38. The van der Waals surface area contributed by atoms with E-state index >= 15 is 0 Å². The zero-order valence-corrected chi connectivity index (χ0v) is 14.6. The fraction of sp³-hybridized carbons (Fsp3) is 0.611. The van der Waals surface area contributed by atoms with E-state index in [1.54, 1.807) is 0 Å². The Morgan fingerprint density at radius 1 is 1.38 bits per heavy atom. The van der Waals surface area contributed by atoms with Crippen molar-refractivity contribution in [2.75, 3.05) is 6.54 Å². The number of aromatic nitrogens is 4. The minimum absolute atomic E-state index is 0.148. The van der Waals surface area contributed by atoms with Gasteiger partial charge in [-0.1, -0.05) is 0 Å². The molecule has 3 atom stereocenters. The molecule has 3 heterocycles. The zero-order chi connectivity index (χ0) is 16.8. The number of likely N-dealkylation sites (tertiary alicyclic amines) is 1. The zero-order valence-electron chi connectivity index (χ0n) is 14.6. The molecule has 24 heavy (non-hydrogen) atoms. The Kier molecular flexibility index (Phi) is 3.70. The van der Waals surface area contributed by atoms with Gasteiger partial charge in [0.05, 0.1) is 24.5 Å². The van der Waals surface area contributed by atoms with E-state index in [4.69, 9.17) is 0 Å². The largest absolute Gasteiger partial charge is 0.338 e. The molecule has 128 valence electrons. The molecule has 0 N–H and O–H groups in total. The van der Waals surface area contributed by atoms with Crippen LogP contribution in [-0.4, -0.2) is 43.0 Å². The van der Waals surface area contributed by atoms with E-state index in [1.807, 2.05) is 31.0 Å². The first-order chi connectivity index (χ1) is 11.5. The lowest BCUT2D eigenvalue weighted by atomic mass is 10.1. The molecule has 1 saturated carbocycles. The van der Waals surface area contributed by atoms with Gasteiger partial charge < -0.3 is 4.90 Å². The maximum absolute atomic E-state index is 13.0. The second kappa shape index (κ2) is 5.76. The Labute approximate surface area is 142 Å². The van der Waals surface area contributed by atoms with E-state index in [0.29, 0.717) is 11.8 Å². The summed E-state index contributed by atoms with van der Waals surface area (Å²) in [4.78, 5) is 15.1. The highest BCUT2D eigenvalue weighted by molar-refractivity contribution is 5.83. The molecule has 6 heteroatoms. The van der Waals surface area contributed by atoms with Gasteiger partial charge in [0.25, 0.3) is 0 Å². The van der Waals surface area contributed by atoms with Crippen molar-refractivity contribution in [3.63, 3.8) is 0 Å². The van der Waals surface area contributed by atoms with Gasteiger partial charge in [-0.25, -0.2) is 0 Å². The van der Waals surface area contributed by atoms with Crippen molar-refractivity contribution in [2.24, 2.45) is 13.0 Å². The summed E-state index contributed by atoms with van der Waals surface area (Å²) in [7, 11) is 1.92. The molecular weight excluding hydrogens is 302 g/mol. The molecule has 4 rings (SSSR count). The normalized spacial score (nSPS) is 26.1. The highest BCUT2D eigenvalue weighted by Gasteiger charge is 2.48. The van der Waals surface area contributed by atoms with Crippen LogP contribution in [0.4, 0.5) is 0 Å². The lowest BCUT2D eigenvalue weighted by molar-refractivity contribution is -0.133. The topological polar surface area (TPSA) is 56.0 Å². The number of rotatable bonds is 4. The minimum Gasteiger partial charge on any atom is -0.338 e. The minimum atomic E-state index is 0.148. The van der Waals surface area contributed by atoms with Gasteiger partial charge in [0.1, 0.15) is 0 Å². The van der Waals surface area contributed by atoms with Gasteiger partial charge in [-0.05, 0) is 50.7 Å². The third-order valence-electron chi connectivity index (χ3n) is 5.41. The van der Waals surface area contributed by atoms with Crippen LogP contribution in [0.25, 0.3) is 0 Å². The van der Waals surface area contributed by atoms with Crippen molar-refractivity contribution in [3.8, 4) is 0 Å². The number of hydrogen-bond acceptors (Lipinski definition) is 3. The van der Waals surface area contributed by atoms with Crippen molar-refractivity contribution in [3.05, 3.63) is 35.4 Å². The second-order valence-corrected chi connectivity index (χ2v) is 7.33. The van der Waals surface area contributed by atoms with Gasteiger partial charge in [-0.2, -0.15) is 10.2 Å². The smallest absolute Gasteiger partial charge is 0.226 e. The highest BCUT2D eigenvalue weighted by atomic mass is 16.2. The summed E-state index contributed by atoms with van der Waals surface area (Å²) in [6.45, 7) is 5.80. The molecule has 0 spiro atoms. The molecule has 6 nitrogen and oxygen atoms in total. The third-order valence-corrected chi connectivity index (χ3v) is 5.41. The van der Waals surface area contributed by atoms with Crippen molar-refractivity contribution in [2.45, 2.75) is 51.6 Å². The molecule has 0 radical (unpaired) electrons. The van der Waals surface area contributed by atoms with Crippen molar-refractivity contribution < 1.29 is 4.79 Å². The van der Waals surface area contributed by atoms with Gasteiger partial charge in [0, 0.05) is 31.4 Å². The highest BCUT2D eigenvalue weighted by Crippen LogP contribution is 2.49. The van der Waals surface area contributed by atoms with Crippen molar-refractivity contribution >= 4 is 5.91 Å². The fourth-order valence-electron chi connectivity index (χ4n) is 4.06. The lowest BCUT2D eigenvalue weighted by Gasteiger charge is -2.25. The number of carbonyl (C=O) groups excluding carboxylic acids is 1. The quantitative estimate of drug-likeness (QED) is 0.863. The molecule has 2 aromatic heterocycles. The molecule has 0 bridgehead atoms. The van der Waals surface area contributed by atoms with E-state index < -0.39 is 0 Å². The standard InChI is InChI=1S/C18H25N5O/c1-12-7-13(2)23(20-12)11-15-5-4-6-22(15)18(24)17-8-16(17)14-9-19-21(3)10-14/h7,9-10,15-17H,4-6,8,11H2,1-3H3/t15-,16-,17+/m0/s1. The Hall–Kier alpha value is -2.11. The average Bonchev–Trinajstić information content (AvgIpc) is 2.83. The van der Waals surface area contributed by atoms with Gasteiger partial charge in [0.2, 0.25) is 5.91 Å². The average molecular weight is 327 g/mol. The Bertz CT molecular complexity index is 761. The number of nitrogens with zero attached hydrogens (tertiary/aromatic N) is 5. The monoisotopic (exact) mass is 327 g/mol. The number of hydrogen-bond donors (Lipinski definition) is 0.